The minimum atomic E-state index is -5.02. The van der Waals surface area contributed by atoms with E-state index in [2.05, 4.69) is 5.10 Å². The zero-order chi connectivity index (χ0) is 20.0. The Hall–Kier alpha value is -2.09. The molecule has 0 bridgehead atoms. The summed E-state index contributed by atoms with van der Waals surface area (Å²) in [5, 5.41) is 14.7. The maximum Gasteiger partial charge on any atom is 0.439 e. The smallest absolute Gasteiger partial charge is 0.439 e. The average Bonchev–Trinajstić information content (AvgIpc) is 2.91. The Labute approximate surface area is 155 Å². The van der Waals surface area contributed by atoms with Gasteiger partial charge in [0.2, 0.25) is 0 Å². The molecule has 1 aliphatic carbocycles. The highest BCUT2D eigenvalue weighted by Crippen LogP contribution is 2.49. The number of hydrogen-bond donors (Lipinski definition) is 1. The molecular weight excluding hydrogens is 361 g/mol. The highest BCUT2D eigenvalue weighted by molar-refractivity contribution is 5.95. The van der Waals surface area contributed by atoms with Gasteiger partial charge in [-0.05, 0) is 55.9 Å². The van der Waals surface area contributed by atoms with Gasteiger partial charge in [-0.3, -0.25) is 4.79 Å². The molecule has 1 aliphatic heterocycles. The van der Waals surface area contributed by atoms with E-state index in [-0.39, 0.29) is 23.1 Å². The molecule has 0 aromatic heterocycles. The Morgan fingerprint density at radius 1 is 1.33 bits per heavy atom. The first-order valence-electron chi connectivity index (χ1n) is 8.96. The van der Waals surface area contributed by atoms with Gasteiger partial charge in [-0.1, -0.05) is 19.4 Å². The minimum absolute atomic E-state index is 0.140. The lowest BCUT2D eigenvalue weighted by molar-refractivity contribution is -0.317. The summed E-state index contributed by atoms with van der Waals surface area (Å²) in [4.78, 5) is 12.5. The van der Waals surface area contributed by atoms with Crippen LogP contribution in [0.1, 0.15) is 37.3 Å². The molecule has 8 heteroatoms. The van der Waals surface area contributed by atoms with Crippen LogP contribution in [0.2, 0.25) is 0 Å². The van der Waals surface area contributed by atoms with Crippen LogP contribution >= 0.6 is 0 Å². The molecule has 1 amide bonds. The molecule has 2 aliphatic rings. The lowest BCUT2D eigenvalue weighted by atomic mass is 9.75. The van der Waals surface area contributed by atoms with E-state index in [0.29, 0.717) is 18.6 Å². The number of amides is 1. The number of hydrazone groups is 1. The van der Waals surface area contributed by atoms with Crippen molar-refractivity contribution in [2.24, 2.45) is 16.9 Å². The predicted molar refractivity (Wildman–Crippen MR) is 93.2 cm³/mol. The third-order valence-corrected chi connectivity index (χ3v) is 5.51. The first kappa shape index (κ1) is 19.7. The van der Waals surface area contributed by atoms with E-state index in [4.69, 9.17) is 4.74 Å². The molecule has 1 N–H and O–H groups in total. The Kier molecular flexibility index (Phi) is 4.96. The molecule has 0 saturated heterocycles. The third kappa shape index (κ3) is 3.31. The van der Waals surface area contributed by atoms with E-state index in [9.17, 15) is 23.1 Å². The SMILES string of the molecule is Cc1ccc(OCC(=O)N2N=C3[C@H](C)CCC[C@@H]3[C@@]2(O)C(F)(F)F)cc1C. The minimum Gasteiger partial charge on any atom is -0.484 e. The Bertz CT molecular complexity index is 778. The number of aryl methyl sites for hydroxylation is 2. The first-order valence-corrected chi connectivity index (χ1v) is 8.96. The number of fused-ring (bicyclic) bond motifs is 1. The molecule has 3 atom stereocenters. The van der Waals surface area contributed by atoms with Gasteiger partial charge in [-0.2, -0.15) is 23.3 Å². The Morgan fingerprint density at radius 3 is 2.67 bits per heavy atom. The topological polar surface area (TPSA) is 62.1 Å². The second-order valence-electron chi connectivity index (χ2n) is 7.37. The third-order valence-electron chi connectivity index (χ3n) is 5.51. The van der Waals surface area contributed by atoms with Crippen molar-refractivity contribution in [2.75, 3.05) is 6.61 Å². The summed E-state index contributed by atoms with van der Waals surface area (Å²) >= 11 is 0. The number of carbonyl (C=O) groups excluding carboxylic acids is 1. The summed E-state index contributed by atoms with van der Waals surface area (Å²) in [6.45, 7) is 4.90. The molecule has 1 aromatic carbocycles. The molecule has 0 unspecified atom stereocenters. The summed E-state index contributed by atoms with van der Waals surface area (Å²) in [5.41, 5.74) is -1.11. The van der Waals surface area contributed by atoms with Gasteiger partial charge in [-0.25, -0.2) is 0 Å². The van der Waals surface area contributed by atoms with Crippen molar-refractivity contribution in [3.63, 3.8) is 0 Å². The fourth-order valence-electron chi connectivity index (χ4n) is 3.76. The Balaban J connectivity index is 1.83. The second-order valence-corrected chi connectivity index (χ2v) is 7.37. The van der Waals surface area contributed by atoms with Crippen LogP contribution in [0.5, 0.6) is 5.75 Å². The molecule has 1 heterocycles. The maximum absolute atomic E-state index is 13.8. The molecule has 1 saturated carbocycles. The van der Waals surface area contributed by atoms with Gasteiger partial charge in [0.15, 0.2) is 6.61 Å². The average molecular weight is 384 g/mol. The van der Waals surface area contributed by atoms with Crippen molar-refractivity contribution in [1.82, 2.24) is 5.01 Å². The summed E-state index contributed by atoms with van der Waals surface area (Å²) < 4.78 is 46.6. The van der Waals surface area contributed by atoms with Crippen LogP contribution in [-0.2, 0) is 4.79 Å². The van der Waals surface area contributed by atoms with Crippen molar-refractivity contribution in [2.45, 2.75) is 51.9 Å². The quantitative estimate of drug-likeness (QED) is 0.867. The molecule has 148 valence electrons. The number of halogens is 3. The van der Waals surface area contributed by atoms with Crippen LogP contribution in [0.4, 0.5) is 13.2 Å². The monoisotopic (exact) mass is 384 g/mol. The molecule has 3 rings (SSSR count). The van der Waals surface area contributed by atoms with Crippen molar-refractivity contribution < 1.29 is 27.8 Å². The van der Waals surface area contributed by atoms with Crippen LogP contribution in [0.15, 0.2) is 23.3 Å². The fourth-order valence-corrected chi connectivity index (χ4v) is 3.76. The predicted octanol–water partition coefficient (Wildman–Crippen LogP) is 3.57. The van der Waals surface area contributed by atoms with Gasteiger partial charge < -0.3 is 9.84 Å². The van der Waals surface area contributed by atoms with Gasteiger partial charge in [0, 0.05) is 5.71 Å². The summed E-state index contributed by atoms with van der Waals surface area (Å²) in [6, 6.07) is 5.15. The molecule has 1 fully saturated rings. The van der Waals surface area contributed by atoms with Crippen LogP contribution in [0.3, 0.4) is 0 Å². The van der Waals surface area contributed by atoms with Crippen molar-refractivity contribution in [3.05, 3.63) is 29.3 Å². The van der Waals surface area contributed by atoms with Crippen LogP contribution in [0, 0.1) is 25.7 Å². The molecule has 27 heavy (non-hydrogen) atoms. The van der Waals surface area contributed by atoms with E-state index in [1.807, 2.05) is 13.8 Å². The van der Waals surface area contributed by atoms with Crippen molar-refractivity contribution >= 4 is 11.6 Å². The van der Waals surface area contributed by atoms with E-state index < -0.39 is 30.3 Å². The van der Waals surface area contributed by atoms with Gasteiger partial charge in [-0.15, -0.1) is 0 Å². The number of ether oxygens (including phenoxy) is 1. The maximum atomic E-state index is 13.8. The number of nitrogens with zero attached hydrogens (tertiary/aromatic N) is 2. The van der Waals surface area contributed by atoms with E-state index in [0.717, 1.165) is 11.1 Å². The van der Waals surface area contributed by atoms with Crippen LogP contribution in [0.25, 0.3) is 0 Å². The van der Waals surface area contributed by atoms with Crippen LogP contribution < -0.4 is 4.74 Å². The Morgan fingerprint density at radius 2 is 2.04 bits per heavy atom. The lowest BCUT2D eigenvalue weighted by Gasteiger charge is -2.38. The second kappa shape index (κ2) is 6.82. The van der Waals surface area contributed by atoms with Gasteiger partial charge in [0.1, 0.15) is 5.75 Å². The lowest BCUT2D eigenvalue weighted by Crippen LogP contribution is -2.62. The molecular formula is C19H23F3N2O3. The van der Waals surface area contributed by atoms with Crippen molar-refractivity contribution in [1.29, 1.82) is 0 Å². The summed E-state index contributed by atoms with van der Waals surface area (Å²) in [6.07, 6.45) is -3.65. The van der Waals surface area contributed by atoms with Crippen LogP contribution in [-0.4, -0.2) is 40.2 Å². The number of benzene rings is 1. The van der Waals surface area contributed by atoms with E-state index in [1.165, 1.54) is 0 Å². The van der Waals surface area contributed by atoms with E-state index in [1.54, 1.807) is 25.1 Å². The number of hydrogen-bond acceptors (Lipinski definition) is 4. The molecule has 5 nitrogen and oxygen atoms in total. The first-order chi connectivity index (χ1) is 12.6. The van der Waals surface area contributed by atoms with Gasteiger partial charge >= 0.3 is 6.18 Å². The zero-order valence-corrected chi connectivity index (χ0v) is 15.5. The standard InChI is InChI=1S/C19H23F3N2O3/c1-11-7-8-14(9-13(11)3)27-10-16(25)24-18(26,19(20,21)22)15-6-4-5-12(2)17(15)23-24/h7-9,12,15,26H,4-6,10H2,1-3H3/t12-,15+,18-/m1/s1. The zero-order valence-electron chi connectivity index (χ0n) is 15.5. The number of aliphatic hydroxyl groups is 1. The highest BCUT2D eigenvalue weighted by atomic mass is 19.4. The summed E-state index contributed by atoms with van der Waals surface area (Å²) in [7, 11) is 0. The largest absolute Gasteiger partial charge is 0.484 e. The van der Waals surface area contributed by atoms with Gasteiger partial charge in [0.05, 0.1) is 5.92 Å². The molecule has 0 spiro atoms. The van der Waals surface area contributed by atoms with E-state index >= 15 is 0 Å². The number of rotatable bonds is 3. The number of carbonyl (C=O) groups is 1. The normalized spacial score (nSPS) is 28.0. The van der Waals surface area contributed by atoms with Gasteiger partial charge in [0.25, 0.3) is 11.6 Å². The fraction of sp³-hybridized carbons (Fsp3) is 0.579. The van der Waals surface area contributed by atoms with Crippen molar-refractivity contribution in [3.8, 4) is 5.75 Å². The number of alkyl halides is 3. The molecule has 1 aromatic rings. The summed E-state index contributed by atoms with van der Waals surface area (Å²) in [5.74, 6) is -2.09. The highest BCUT2D eigenvalue weighted by Gasteiger charge is 2.69. The molecule has 0 radical (unpaired) electrons.